The Kier molecular flexibility index (Phi) is 7.03. The Hall–Kier alpha value is -2.11. The van der Waals surface area contributed by atoms with Crippen LogP contribution in [-0.4, -0.2) is 17.3 Å². The highest BCUT2D eigenvalue weighted by Gasteiger charge is 2.16. The molecule has 0 saturated heterocycles. The van der Waals surface area contributed by atoms with Crippen molar-refractivity contribution in [1.82, 2.24) is 0 Å². The van der Waals surface area contributed by atoms with Gasteiger partial charge < -0.3 is 4.74 Å². The molecule has 5 heteroatoms. The van der Waals surface area contributed by atoms with Gasteiger partial charge in [0.15, 0.2) is 5.17 Å². The maximum absolute atomic E-state index is 11.5. The Morgan fingerprint density at radius 1 is 1.21 bits per heavy atom. The summed E-state index contributed by atoms with van der Waals surface area (Å²) in [6, 6.07) is 15.8. The number of hydrogen-bond acceptors (Lipinski definition) is 4. The SMILES string of the molecule is CCSC(=N)N(C=O)c1cc(C)ccc1COCc1ccccc1. The Morgan fingerprint density at radius 2 is 1.96 bits per heavy atom. The first-order valence-corrected chi connectivity index (χ1v) is 8.81. The third kappa shape index (κ3) is 4.94. The van der Waals surface area contributed by atoms with Gasteiger partial charge in [0.05, 0.1) is 18.9 Å². The quantitative estimate of drug-likeness (QED) is 0.462. The minimum atomic E-state index is 0.224. The van der Waals surface area contributed by atoms with Crippen LogP contribution < -0.4 is 4.90 Å². The summed E-state index contributed by atoms with van der Waals surface area (Å²) in [4.78, 5) is 12.9. The van der Waals surface area contributed by atoms with Crippen LogP contribution in [0.2, 0.25) is 0 Å². The van der Waals surface area contributed by atoms with Crippen molar-refractivity contribution in [1.29, 1.82) is 5.41 Å². The van der Waals surface area contributed by atoms with Crippen LogP contribution in [0.25, 0.3) is 0 Å². The number of benzene rings is 2. The lowest BCUT2D eigenvalue weighted by atomic mass is 10.1. The van der Waals surface area contributed by atoms with Gasteiger partial charge in [0.1, 0.15) is 0 Å². The van der Waals surface area contributed by atoms with Crippen molar-refractivity contribution in [2.45, 2.75) is 27.1 Å². The molecule has 2 rings (SSSR count). The van der Waals surface area contributed by atoms with E-state index in [0.717, 1.165) is 22.4 Å². The Morgan fingerprint density at radius 3 is 2.62 bits per heavy atom. The number of rotatable bonds is 7. The average molecular weight is 342 g/mol. The minimum Gasteiger partial charge on any atom is -0.372 e. The number of nitrogens with zero attached hydrogens (tertiary/aromatic N) is 1. The first-order chi connectivity index (χ1) is 11.7. The van der Waals surface area contributed by atoms with Gasteiger partial charge in [-0.1, -0.05) is 61.2 Å². The van der Waals surface area contributed by atoms with Crippen molar-refractivity contribution in [3.8, 4) is 0 Å². The van der Waals surface area contributed by atoms with Gasteiger partial charge in [-0.15, -0.1) is 0 Å². The van der Waals surface area contributed by atoms with Crippen molar-refractivity contribution in [3.63, 3.8) is 0 Å². The molecule has 0 heterocycles. The molecular weight excluding hydrogens is 320 g/mol. The van der Waals surface area contributed by atoms with Crippen molar-refractivity contribution in [2.75, 3.05) is 10.7 Å². The molecule has 0 aromatic heterocycles. The highest BCUT2D eigenvalue weighted by molar-refractivity contribution is 8.14. The second-order valence-electron chi connectivity index (χ2n) is 5.32. The zero-order valence-corrected chi connectivity index (χ0v) is 14.8. The summed E-state index contributed by atoms with van der Waals surface area (Å²) in [5.41, 5.74) is 3.75. The number of carbonyl (C=O) groups is 1. The first-order valence-electron chi connectivity index (χ1n) is 7.82. The third-order valence-electron chi connectivity index (χ3n) is 3.47. The van der Waals surface area contributed by atoms with Crippen molar-refractivity contribution < 1.29 is 9.53 Å². The largest absolute Gasteiger partial charge is 0.372 e. The van der Waals surface area contributed by atoms with Crippen LogP contribution in [0.3, 0.4) is 0 Å². The molecule has 1 N–H and O–H groups in total. The van der Waals surface area contributed by atoms with E-state index in [1.54, 1.807) is 0 Å². The normalized spacial score (nSPS) is 10.4. The number of aryl methyl sites for hydroxylation is 1. The molecule has 0 aliphatic rings. The monoisotopic (exact) mass is 342 g/mol. The lowest BCUT2D eigenvalue weighted by Crippen LogP contribution is -2.27. The third-order valence-corrected chi connectivity index (χ3v) is 4.23. The molecule has 2 aromatic carbocycles. The number of ether oxygens (including phenoxy) is 1. The average Bonchev–Trinajstić information content (AvgIpc) is 2.58. The van der Waals surface area contributed by atoms with Crippen molar-refractivity contribution in [2.24, 2.45) is 0 Å². The van der Waals surface area contributed by atoms with E-state index in [0.29, 0.717) is 25.3 Å². The van der Waals surface area contributed by atoms with E-state index in [9.17, 15) is 4.79 Å². The van der Waals surface area contributed by atoms with Gasteiger partial charge in [-0.05, 0) is 29.9 Å². The van der Waals surface area contributed by atoms with Crippen LogP contribution in [-0.2, 0) is 22.7 Å². The summed E-state index contributed by atoms with van der Waals surface area (Å²) in [6.07, 6.45) is 0.695. The van der Waals surface area contributed by atoms with E-state index in [2.05, 4.69) is 0 Å². The van der Waals surface area contributed by atoms with Crippen LogP contribution in [0.1, 0.15) is 23.6 Å². The molecular formula is C19H22N2O2S. The first kappa shape index (κ1) is 18.2. The predicted octanol–water partition coefficient (Wildman–Crippen LogP) is 4.36. The Labute approximate surface area is 147 Å². The molecule has 0 fully saturated rings. The zero-order chi connectivity index (χ0) is 17.4. The molecule has 126 valence electrons. The number of anilines is 1. The fourth-order valence-electron chi connectivity index (χ4n) is 2.29. The number of amidine groups is 1. The maximum atomic E-state index is 11.5. The van der Waals surface area contributed by atoms with Gasteiger partial charge in [0.25, 0.3) is 0 Å². The van der Waals surface area contributed by atoms with Gasteiger partial charge in [0, 0.05) is 5.56 Å². The summed E-state index contributed by atoms with van der Waals surface area (Å²) >= 11 is 1.33. The van der Waals surface area contributed by atoms with Gasteiger partial charge in [0.2, 0.25) is 6.41 Å². The molecule has 0 unspecified atom stereocenters. The Bertz CT molecular complexity index is 689. The number of hydrogen-bond donors (Lipinski definition) is 1. The molecule has 2 aromatic rings. The van der Waals surface area contributed by atoms with E-state index in [-0.39, 0.29) is 5.17 Å². The summed E-state index contributed by atoms with van der Waals surface area (Å²) in [7, 11) is 0. The number of amides is 1. The summed E-state index contributed by atoms with van der Waals surface area (Å²) in [5.74, 6) is 0.745. The molecule has 1 amide bonds. The van der Waals surface area contributed by atoms with Gasteiger partial charge in [-0.3, -0.25) is 15.1 Å². The predicted molar refractivity (Wildman–Crippen MR) is 101 cm³/mol. The fraction of sp³-hybridized carbons (Fsp3) is 0.263. The molecule has 0 spiro atoms. The molecule has 0 aliphatic heterocycles. The van der Waals surface area contributed by atoms with Crippen molar-refractivity contribution in [3.05, 3.63) is 65.2 Å². The van der Waals surface area contributed by atoms with Crippen LogP contribution >= 0.6 is 11.8 Å². The topological polar surface area (TPSA) is 53.4 Å². The fourth-order valence-corrected chi connectivity index (χ4v) is 2.85. The Balaban J connectivity index is 2.14. The maximum Gasteiger partial charge on any atom is 0.220 e. The van der Waals surface area contributed by atoms with E-state index >= 15 is 0 Å². The summed E-state index contributed by atoms with van der Waals surface area (Å²) < 4.78 is 5.80. The van der Waals surface area contributed by atoms with E-state index in [1.165, 1.54) is 16.7 Å². The van der Waals surface area contributed by atoms with Crippen molar-refractivity contribution >= 4 is 29.0 Å². The lowest BCUT2D eigenvalue weighted by molar-refractivity contribution is -0.106. The van der Waals surface area contributed by atoms with Crippen LogP contribution in [0.5, 0.6) is 0 Å². The van der Waals surface area contributed by atoms with E-state index in [1.807, 2.05) is 62.4 Å². The number of nitrogens with one attached hydrogen (secondary N) is 1. The summed E-state index contributed by atoms with van der Waals surface area (Å²) in [6.45, 7) is 4.83. The van der Waals surface area contributed by atoms with Gasteiger partial charge >= 0.3 is 0 Å². The standard InChI is InChI=1S/C19H22N2O2S/c1-3-24-19(20)21(14-22)18-11-15(2)9-10-17(18)13-23-12-16-7-5-4-6-8-16/h4-11,14,20H,3,12-13H2,1-2H3. The molecule has 0 radical (unpaired) electrons. The number of thioether (sulfide) groups is 1. The summed E-state index contributed by atoms with van der Waals surface area (Å²) in [5, 5.41) is 8.30. The molecule has 0 bridgehead atoms. The van der Waals surface area contributed by atoms with Crippen LogP contribution in [0, 0.1) is 12.3 Å². The smallest absolute Gasteiger partial charge is 0.220 e. The number of carbonyl (C=O) groups excluding carboxylic acids is 1. The van der Waals surface area contributed by atoms with E-state index < -0.39 is 0 Å². The second-order valence-corrected chi connectivity index (χ2v) is 6.58. The highest BCUT2D eigenvalue weighted by atomic mass is 32.2. The molecule has 0 aliphatic carbocycles. The van der Waals surface area contributed by atoms with Gasteiger partial charge in [-0.2, -0.15) is 0 Å². The molecule has 0 atom stereocenters. The van der Waals surface area contributed by atoms with Crippen LogP contribution in [0.15, 0.2) is 48.5 Å². The lowest BCUT2D eigenvalue weighted by Gasteiger charge is -2.21. The van der Waals surface area contributed by atoms with Crippen LogP contribution in [0.4, 0.5) is 5.69 Å². The highest BCUT2D eigenvalue weighted by Crippen LogP contribution is 2.25. The molecule has 4 nitrogen and oxygen atoms in total. The second kappa shape index (κ2) is 9.25. The van der Waals surface area contributed by atoms with Gasteiger partial charge in [-0.25, -0.2) is 0 Å². The van der Waals surface area contributed by atoms with E-state index in [4.69, 9.17) is 10.1 Å². The minimum absolute atomic E-state index is 0.224. The zero-order valence-electron chi connectivity index (χ0n) is 14.0. The molecule has 24 heavy (non-hydrogen) atoms. The molecule has 0 saturated carbocycles.